The lowest BCUT2D eigenvalue weighted by atomic mass is 10.1. The first kappa shape index (κ1) is 17.8. The molecule has 0 heterocycles. The van der Waals surface area contributed by atoms with Gasteiger partial charge in [-0.2, -0.15) is 0 Å². The maximum absolute atomic E-state index is 10.8. The van der Waals surface area contributed by atoms with Gasteiger partial charge in [0.2, 0.25) is 0 Å². The molecule has 0 fully saturated rings. The topological polar surface area (TPSA) is 66.8 Å². The van der Waals surface area contributed by atoms with Crippen LogP contribution in [0.25, 0.3) is 0 Å². The van der Waals surface area contributed by atoms with E-state index in [-0.39, 0.29) is 12.2 Å². The summed E-state index contributed by atoms with van der Waals surface area (Å²) in [4.78, 5) is 10.8. The first-order valence-corrected chi connectivity index (χ1v) is 9.00. The summed E-state index contributed by atoms with van der Waals surface area (Å²) in [6.07, 6.45) is -0.0756. The third kappa shape index (κ3) is 4.24. The molecule has 0 radical (unpaired) electrons. The maximum atomic E-state index is 10.8. The van der Waals surface area contributed by atoms with Crippen molar-refractivity contribution in [2.75, 3.05) is 0 Å². The number of benzene rings is 2. The van der Waals surface area contributed by atoms with Gasteiger partial charge in [-0.1, -0.05) is 0 Å². The van der Waals surface area contributed by atoms with Gasteiger partial charge in [-0.25, -0.2) is 0 Å². The Labute approximate surface area is 160 Å². The highest BCUT2D eigenvalue weighted by molar-refractivity contribution is 9.11. The molecule has 8 heteroatoms. The SMILES string of the molecule is O=C(O)Cc1cc(Br)c(Oc2cc(Br)c(O)c(Br)c2)c(Br)c1. The number of halogens is 4. The molecule has 0 aromatic heterocycles. The van der Waals surface area contributed by atoms with E-state index >= 15 is 0 Å². The molecule has 22 heavy (non-hydrogen) atoms. The van der Waals surface area contributed by atoms with Crippen LogP contribution < -0.4 is 4.74 Å². The minimum atomic E-state index is -0.904. The number of phenols is 1. The van der Waals surface area contributed by atoms with E-state index in [0.717, 1.165) is 0 Å². The fraction of sp³-hybridized carbons (Fsp3) is 0.0714. The van der Waals surface area contributed by atoms with Gasteiger partial charge in [0.25, 0.3) is 0 Å². The molecule has 2 N–H and O–H groups in total. The average molecular weight is 560 g/mol. The molecule has 4 nitrogen and oxygen atoms in total. The molecule has 0 saturated carbocycles. The Morgan fingerprint density at radius 2 is 1.45 bits per heavy atom. The van der Waals surface area contributed by atoms with Gasteiger partial charge >= 0.3 is 5.97 Å². The molecule has 0 atom stereocenters. The van der Waals surface area contributed by atoms with Crippen molar-refractivity contribution in [2.24, 2.45) is 0 Å². The van der Waals surface area contributed by atoms with Crippen LogP contribution >= 0.6 is 63.7 Å². The second-order valence-corrected chi connectivity index (χ2v) is 7.71. The van der Waals surface area contributed by atoms with E-state index in [1.165, 1.54) is 0 Å². The molecule has 2 rings (SSSR count). The van der Waals surface area contributed by atoms with Crippen LogP contribution in [0.2, 0.25) is 0 Å². The second kappa shape index (κ2) is 7.33. The van der Waals surface area contributed by atoms with E-state index in [1.54, 1.807) is 24.3 Å². The number of carboxylic acid groups (broad SMARTS) is 1. The minimum absolute atomic E-state index is 0.0756. The van der Waals surface area contributed by atoms with E-state index in [1.807, 2.05) is 0 Å². The monoisotopic (exact) mass is 556 g/mol. The van der Waals surface area contributed by atoms with Gasteiger partial charge < -0.3 is 14.9 Å². The molecule has 2 aromatic carbocycles. The number of rotatable bonds is 4. The lowest BCUT2D eigenvalue weighted by Gasteiger charge is -2.13. The molecular formula is C14H8Br4O4. The van der Waals surface area contributed by atoms with Gasteiger partial charge in [-0.05, 0) is 93.5 Å². The Bertz CT molecular complexity index is 700. The number of hydrogen-bond donors (Lipinski definition) is 2. The summed E-state index contributed by atoms with van der Waals surface area (Å²) in [5, 5.41) is 18.5. The average Bonchev–Trinajstić information content (AvgIpc) is 2.39. The summed E-state index contributed by atoms with van der Waals surface area (Å²) in [5.74, 6) is 0.198. The van der Waals surface area contributed by atoms with Gasteiger partial charge in [0.05, 0.1) is 24.3 Å². The minimum Gasteiger partial charge on any atom is -0.506 e. The molecule has 0 bridgehead atoms. The third-order valence-corrected chi connectivity index (χ3v) is 5.01. The molecule has 0 aliphatic heterocycles. The quantitative estimate of drug-likeness (QED) is 0.492. The zero-order valence-electron chi connectivity index (χ0n) is 10.7. The number of aliphatic carboxylic acids is 1. The van der Waals surface area contributed by atoms with Crippen LogP contribution in [0.5, 0.6) is 17.2 Å². The van der Waals surface area contributed by atoms with Crippen molar-refractivity contribution in [3.63, 3.8) is 0 Å². The zero-order chi connectivity index (χ0) is 16.4. The summed E-state index contributed by atoms with van der Waals surface area (Å²) < 4.78 is 8.04. The van der Waals surface area contributed by atoms with Crippen molar-refractivity contribution >= 4 is 69.7 Å². The first-order valence-electron chi connectivity index (χ1n) is 5.83. The van der Waals surface area contributed by atoms with E-state index in [2.05, 4.69) is 63.7 Å². The Morgan fingerprint density at radius 1 is 0.955 bits per heavy atom. The van der Waals surface area contributed by atoms with Gasteiger partial charge in [0, 0.05) is 0 Å². The molecule has 0 spiro atoms. The Morgan fingerprint density at radius 3 is 1.91 bits per heavy atom. The maximum Gasteiger partial charge on any atom is 0.307 e. The van der Waals surface area contributed by atoms with E-state index < -0.39 is 5.97 Å². The van der Waals surface area contributed by atoms with Crippen LogP contribution in [0, 0.1) is 0 Å². The number of ether oxygens (including phenoxy) is 1. The fourth-order valence-electron chi connectivity index (χ4n) is 1.71. The van der Waals surface area contributed by atoms with Crippen molar-refractivity contribution in [2.45, 2.75) is 6.42 Å². The largest absolute Gasteiger partial charge is 0.506 e. The number of carboxylic acids is 1. The van der Waals surface area contributed by atoms with E-state index in [4.69, 9.17) is 9.84 Å². The predicted molar refractivity (Wildman–Crippen MR) is 96.8 cm³/mol. The number of phenolic OH excluding ortho intramolecular Hbond substituents is 1. The van der Waals surface area contributed by atoms with E-state index in [9.17, 15) is 9.90 Å². The van der Waals surface area contributed by atoms with Crippen LogP contribution in [0.4, 0.5) is 0 Å². The summed E-state index contributed by atoms with van der Waals surface area (Å²) in [6.45, 7) is 0. The predicted octanol–water partition coefficient (Wildman–Crippen LogP) is 5.86. The Hall–Kier alpha value is -0.570. The summed E-state index contributed by atoms with van der Waals surface area (Å²) in [5.41, 5.74) is 0.645. The third-order valence-electron chi connectivity index (χ3n) is 2.62. The lowest BCUT2D eigenvalue weighted by molar-refractivity contribution is -0.136. The van der Waals surface area contributed by atoms with E-state index in [0.29, 0.717) is 35.0 Å². The summed E-state index contributed by atoms with van der Waals surface area (Å²) >= 11 is 13.2. The first-order chi connectivity index (χ1) is 10.3. The number of aromatic hydroxyl groups is 1. The van der Waals surface area contributed by atoms with Gasteiger partial charge in [-0.3, -0.25) is 4.79 Å². The van der Waals surface area contributed by atoms with Crippen LogP contribution in [0.3, 0.4) is 0 Å². The van der Waals surface area contributed by atoms with Gasteiger partial charge in [-0.15, -0.1) is 0 Å². The standard InChI is InChI=1S/C14H8Br4O4/c15-8-4-7(5-9(16)13(8)21)22-14-10(17)1-6(2-11(14)18)3-12(19)20/h1-2,4-5,21H,3H2,(H,19,20). The lowest BCUT2D eigenvalue weighted by Crippen LogP contribution is -2.00. The van der Waals surface area contributed by atoms with Crippen LogP contribution in [-0.2, 0) is 11.2 Å². The highest BCUT2D eigenvalue weighted by atomic mass is 79.9. The van der Waals surface area contributed by atoms with Crippen LogP contribution in [-0.4, -0.2) is 16.2 Å². The van der Waals surface area contributed by atoms with Crippen molar-refractivity contribution in [1.29, 1.82) is 0 Å². The van der Waals surface area contributed by atoms with Gasteiger partial charge in [0.1, 0.15) is 11.5 Å². The summed E-state index contributed by atoms with van der Waals surface area (Å²) in [7, 11) is 0. The molecule has 0 aliphatic carbocycles. The Kier molecular flexibility index (Phi) is 5.93. The normalized spacial score (nSPS) is 10.5. The van der Waals surface area contributed by atoms with Crippen LogP contribution in [0.1, 0.15) is 5.56 Å². The molecule has 0 aliphatic rings. The summed E-state index contributed by atoms with van der Waals surface area (Å²) in [6, 6.07) is 6.64. The molecule has 0 unspecified atom stereocenters. The van der Waals surface area contributed by atoms with Crippen molar-refractivity contribution < 1.29 is 19.7 Å². The van der Waals surface area contributed by atoms with Crippen molar-refractivity contribution in [1.82, 2.24) is 0 Å². The molecule has 0 saturated heterocycles. The molecule has 2 aromatic rings. The van der Waals surface area contributed by atoms with Gasteiger partial charge in [0.15, 0.2) is 5.75 Å². The second-order valence-electron chi connectivity index (χ2n) is 4.30. The highest BCUT2D eigenvalue weighted by Gasteiger charge is 2.14. The highest BCUT2D eigenvalue weighted by Crippen LogP contribution is 2.41. The fourth-order valence-corrected chi connectivity index (χ4v) is 4.29. The van der Waals surface area contributed by atoms with Crippen molar-refractivity contribution in [3.8, 4) is 17.2 Å². The Balaban J connectivity index is 2.36. The molecular weight excluding hydrogens is 552 g/mol. The molecule has 116 valence electrons. The van der Waals surface area contributed by atoms with Crippen LogP contribution in [0.15, 0.2) is 42.2 Å². The number of carbonyl (C=O) groups is 1. The number of hydrogen-bond acceptors (Lipinski definition) is 3. The van der Waals surface area contributed by atoms with Crippen molar-refractivity contribution in [3.05, 3.63) is 47.7 Å². The smallest absolute Gasteiger partial charge is 0.307 e. The zero-order valence-corrected chi connectivity index (χ0v) is 17.1. The molecule has 0 amide bonds.